The lowest BCUT2D eigenvalue weighted by molar-refractivity contribution is 0.579. The average Bonchev–Trinajstić information content (AvgIpc) is 2.96. The first-order valence-electron chi connectivity index (χ1n) is 6.92. The summed E-state index contributed by atoms with van der Waals surface area (Å²) >= 11 is 11.7. The molecule has 0 aliphatic heterocycles. The average molecular weight is 371 g/mol. The minimum absolute atomic E-state index is 0.257. The van der Waals surface area contributed by atoms with Crippen LogP contribution in [0.15, 0.2) is 28.7 Å². The largest absolute Gasteiger partial charge is 0.305 e. The van der Waals surface area contributed by atoms with Crippen molar-refractivity contribution in [3.63, 3.8) is 0 Å². The summed E-state index contributed by atoms with van der Waals surface area (Å²) in [6.07, 6.45) is 3.87. The van der Waals surface area contributed by atoms with Gasteiger partial charge in [0, 0.05) is 31.8 Å². The maximum absolute atomic E-state index is 6.30. The third-order valence-corrected chi connectivity index (χ3v) is 5.87. The molecule has 2 aromatic rings. The third kappa shape index (κ3) is 3.11. The molecule has 1 aromatic heterocycles. The lowest BCUT2D eigenvalue weighted by atomic mass is 10.1. The Balaban J connectivity index is 1.65. The van der Waals surface area contributed by atoms with Gasteiger partial charge in [-0.3, -0.25) is 0 Å². The van der Waals surface area contributed by atoms with Gasteiger partial charge in [-0.05, 0) is 55.5 Å². The van der Waals surface area contributed by atoms with Crippen molar-refractivity contribution in [3.8, 4) is 0 Å². The van der Waals surface area contributed by atoms with Crippen LogP contribution >= 0.6 is 38.9 Å². The number of thiophene rings is 1. The van der Waals surface area contributed by atoms with Gasteiger partial charge < -0.3 is 5.32 Å². The molecule has 0 saturated carbocycles. The first-order chi connectivity index (χ1) is 9.63. The van der Waals surface area contributed by atoms with Gasteiger partial charge in [0.05, 0.1) is 0 Å². The van der Waals surface area contributed by atoms with Crippen LogP contribution in [-0.2, 0) is 19.4 Å². The third-order valence-electron chi connectivity index (χ3n) is 3.81. The maximum Gasteiger partial charge on any atom is 0.0464 e. The molecule has 1 aromatic carbocycles. The van der Waals surface area contributed by atoms with Crippen molar-refractivity contribution in [3.05, 3.63) is 54.6 Å². The molecule has 1 unspecified atom stereocenters. The van der Waals surface area contributed by atoms with E-state index in [-0.39, 0.29) is 6.04 Å². The summed E-state index contributed by atoms with van der Waals surface area (Å²) < 4.78 is 1.02. The van der Waals surface area contributed by atoms with E-state index in [1.807, 2.05) is 23.5 Å². The molecule has 1 aliphatic rings. The molecular weight excluding hydrogens is 354 g/mol. The zero-order valence-electron chi connectivity index (χ0n) is 11.4. The van der Waals surface area contributed by atoms with E-state index < -0.39 is 0 Å². The lowest BCUT2D eigenvalue weighted by Crippen LogP contribution is -2.17. The zero-order valence-corrected chi connectivity index (χ0v) is 14.5. The van der Waals surface area contributed by atoms with Crippen molar-refractivity contribution in [2.24, 2.45) is 0 Å². The molecule has 1 atom stereocenters. The van der Waals surface area contributed by atoms with Crippen LogP contribution in [0.4, 0.5) is 0 Å². The summed E-state index contributed by atoms with van der Waals surface area (Å²) in [5, 5.41) is 4.39. The van der Waals surface area contributed by atoms with Crippen molar-refractivity contribution in [1.29, 1.82) is 0 Å². The number of benzene rings is 1. The smallest absolute Gasteiger partial charge is 0.0464 e. The van der Waals surface area contributed by atoms with Gasteiger partial charge in [-0.2, -0.15) is 0 Å². The van der Waals surface area contributed by atoms with Gasteiger partial charge in [-0.25, -0.2) is 0 Å². The Labute approximate surface area is 137 Å². The van der Waals surface area contributed by atoms with Crippen LogP contribution < -0.4 is 5.32 Å². The van der Waals surface area contributed by atoms with E-state index >= 15 is 0 Å². The van der Waals surface area contributed by atoms with Crippen LogP contribution in [0.5, 0.6) is 0 Å². The topological polar surface area (TPSA) is 12.0 Å². The van der Waals surface area contributed by atoms with Crippen molar-refractivity contribution in [1.82, 2.24) is 5.32 Å². The molecule has 20 heavy (non-hydrogen) atoms. The summed E-state index contributed by atoms with van der Waals surface area (Å²) in [4.78, 5) is 3.03. The monoisotopic (exact) mass is 369 g/mol. The zero-order chi connectivity index (χ0) is 14.1. The molecule has 1 aliphatic carbocycles. The van der Waals surface area contributed by atoms with Crippen LogP contribution in [0.25, 0.3) is 0 Å². The fourth-order valence-electron chi connectivity index (χ4n) is 2.69. The van der Waals surface area contributed by atoms with Gasteiger partial charge in [-0.15, -0.1) is 11.3 Å². The molecule has 0 fully saturated rings. The van der Waals surface area contributed by atoms with Gasteiger partial charge >= 0.3 is 0 Å². The highest BCUT2D eigenvalue weighted by atomic mass is 79.9. The van der Waals surface area contributed by atoms with E-state index in [0.717, 1.165) is 21.6 Å². The molecule has 1 nitrogen and oxygen atoms in total. The van der Waals surface area contributed by atoms with E-state index in [2.05, 4.69) is 40.3 Å². The molecular formula is C16H17BrClNS. The number of fused-ring (bicyclic) bond motifs is 1. The SMILES string of the molecule is CC(NCc1cc2c(s1)CCC2)c1ccc(Br)cc1Cl. The Hall–Kier alpha value is -0.350. The summed E-state index contributed by atoms with van der Waals surface area (Å²) in [5.41, 5.74) is 2.72. The Morgan fingerprint density at radius 2 is 2.20 bits per heavy atom. The van der Waals surface area contributed by atoms with Crippen molar-refractivity contribution >= 4 is 38.9 Å². The Morgan fingerprint density at radius 1 is 1.35 bits per heavy atom. The lowest BCUT2D eigenvalue weighted by Gasteiger charge is -2.15. The maximum atomic E-state index is 6.30. The van der Waals surface area contributed by atoms with E-state index in [4.69, 9.17) is 11.6 Å². The minimum Gasteiger partial charge on any atom is -0.305 e. The van der Waals surface area contributed by atoms with E-state index in [9.17, 15) is 0 Å². The summed E-state index contributed by atoms with van der Waals surface area (Å²) in [6, 6.07) is 8.70. The highest BCUT2D eigenvalue weighted by molar-refractivity contribution is 9.10. The van der Waals surface area contributed by atoms with Crippen molar-refractivity contribution < 1.29 is 0 Å². The Morgan fingerprint density at radius 3 is 2.95 bits per heavy atom. The quantitative estimate of drug-likeness (QED) is 0.749. The highest BCUT2D eigenvalue weighted by Crippen LogP contribution is 2.31. The van der Waals surface area contributed by atoms with E-state index in [1.54, 1.807) is 10.4 Å². The van der Waals surface area contributed by atoms with Crippen molar-refractivity contribution in [2.45, 2.75) is 38.8 Å². The minimum atomic E-state index is 0.257. The second kappa shape index (κ2) is 6.18. The van der Waals surface area contributed by atoms with Crippen LogP contribution in [-0.4, -0.2) is 0 Å². The predicted octanol–water partition coefficient (Wildman–Crippen LogP) is 5.50. The molecule has 1 N–H and O–H groups in total. The summed E-state index contributed by atoms with van der Waals surface area (Å²) in [6.45, 7) is 3.08. The van der Waals surface area contributed by atoms with E-state index in [1.165, 1.54) is 24.1 Å². The number of nitrogens with one attached hydrogen (secondary N) is 1. The van der Waals surface area contributed by atoms with Crippen LogP contribution in [0.1, 0.15) is 40.3 Å². The molecule has 0 radical (unpaired) electrons. The molecule has 0 saturated heterocycles. The van der Waals surface area contributed by atoms with Crippen molar-refractivity contribution in [2.75, 3.05) is 0 Å². The molecule has 0 amide bonds. The molecule has 0 bridgehead atoms. The van der Waals surface area contributed by atoms with Gasteiger partial charge in [-0.1, -0.05) is 33.6 Å². The second-order valence-electron chi connectivity index (χ2n) is 5.28. The first kappa shape index (κ1) is 14.6. The molecule has 0 spiro atoms. The molecule has 106 valence electrons. The fraction of sp³-hybridized carbons (Fsp3) is 0.375. The number of hydrogen-bond donors (Lipinski definition) is 1. The van der Waals surface area contributed by atoms with Crippen LogP contribution in [0.3, 0.4) is 0 Å². The number of rotatable bonds is 4. The first-order valence-corrected chi connectivity index (χ1v) is 8.91. The second-order valence-corrected chi connectivity index (χ2v) is 7.83. The van der Waals surface area contributed by atoms with Crippen LogP contribution in [0.2, 0.25) is 5.02 Å². The molecule has 1 heterocycles. The fourth-order valence-corrected chi connectivity index (χ4v) is 4.74. The van der Waals surface area contributed by atoms with Gasteiger partial charge in [0.25, 0.3) is 0 Å². The predicted molar refractivity (Wildman–Crippen MR) is 90.8 cm³/mol. The summed E-state index contributed by atoms with van der Waals surface area (Å²) in [7, 11) is 0. The number of halogens is 2. The highest BCUT2D eigenvalue weighted by Gasteiger charge is 2.15. The molecule has 3 rings (SSSR count). The Bertz CT molecular complexity index is 601. The number of aryl methyl sites for hydroxylation is 2. The van der Waals surface area contributed by atoms with Gasteiger partial charge in [0.15, 0.2) is 0 Å². The normalized spacial score (nSPS) is 15.3. The van der Waals surface area contributed by atoms with E-state index in [0.29, 0.717) is 0 Å². The van der Waals surface area contributed by atoms with Gasteiger partial charge in [0.2, 0.25) is 0 Å². The standard InChI is InChI=1S/C16H17BrClNS/c1-10(14-6-5-12(17)8-15(14)18)19-9-13-7-11-3-2-4-16(11)20-13/h5-8,10,19H,2-4,9H2,1H3. The summed E-state index contributed by atoms with van der Waals surface area (Å²) in [5.74, 6) is 0. The van der Waals surface area contributed by atoms with Gasteiger partial charge in [0.1, 0.15) is 0 Å². The number of hydrogen-bond acceptors (Lipinski definition) is 2. The molecule has 4 heteroatoms. The van der Waals surface area contributed by atoms with Crippen LogP contribution in [0, 0.1) is 0 Å². The Kier molecular flexibility index (Phi) is 4.51.